The highest BCUT2D eigenvalue weighted by atomic mass is 35.5. The van der Waals surface area contributed by atoms with Gasteiger partial charge < -0.3 is 9.47 Å². The standard InChI is InChI=1S/C19H16ClN3O5/c1-10-12(20)3-2-4-14(10)23-17(24)8-13(19(23)26)21-22-18(25)11-5-6-15-16(7-11)28-9-27-15/h2-7,13,21H,8-9H2,1H3,(H,22,25)/t13-/m0/s1. The minimum absolute atomic E-state index is 0.0772. The van der Waals surface area contributed by atoms with Crippen molar-refractivity contribution in [3.8, 4) is 11.5 Å². The van der Waals surface area contributed by atoms with Crippen molar-refractivity contribution >= 4 is 35.0 Å². The van der Waals surface area contributed by atoms with Gasteiger partial charge in [-0.3, -0.25) is 19.8 Å². The predicted octanol–water partition coefficient (Wildman–Crippen LogP) is 1.94. The summed E-state index contributed by atoms with van der Waals surface area (Å²) in [5, 5.41) is 0.464. The maximum atomic E-state index is 12.7. The number of carbonyl (C=O) groups excluding carboxylic acids is 3. The Morgan fingerprint density at radius 3 is 2.79 bits per heavy atom. The molecule has 0 saturated carbocycles. The first-order valence-electron chi connectivity index (χ1n) is 8.53. The number of anilines is 1. The van der Waals surface area contributed by atoms with Crippen molar-refractivity contribution in [1.82, 2.24) is 10.9 Å². The summed E-state index contributed by atoms with van der Waals surface area (Å²) in [6.45, 7) is 1.84. The molecule has 28 heavy (non-hydrogen) atoms. The van der Waals surface area contributed by atoms with Gasteiger partial charge in [0.2, 0.25) is 12.7 Å². The van der Waals surface area contributed by atoms with Gasteiger partial charge in [0, 0.05) is 10.6 Å². The molecule has 0 spiro atoms. The first-order chi connectivity index (χ1) is 13.5. The van der Waals surface area contributed by atoms with Crippen LogP contribution in [0.4, 0.5) is 5.69 Å². The molecule has 0 bridgehead atoms. The zero-order valence-electron chi connectivity index (χ0n) is 14.8. The van der Waals surface area contributed by atoms with Crippen LogP contribution in [0.1, 0.15) is 22.3 Å². The zero-order chi connectivity index (χ0) is 19.8. The number of rotatable bonds is 4. The Balaban J connectivity index is 1.44. The fourth-order valence-electron chi connectivity index (χ4n) is 3.10. The summed E-state index contributed by atoms with van der Waals surface area (Å²) in [4.78, 5) is 38.5. The first-order valence-corrected chi connectivity index (χ1v) is 8.91. The summed E-state index contributed by atoms with van der Waals surface area (Å²) in [5.41, 5.74) is 6.52. The second-order valence-electron chi connectivity index (χ2n) is 6.37. The van der Waals surface area contributed by atoms with E-state index in [-0.39, 0.29) is 19.1 Å². The summed E-state index contributed by atoms with van der Waals surface area (Å²) < 4.78 is 10.4. The van der Waals surface area contributed by atoms with E-state index in [0.717, 1.165) is 4.90 Å². The molecule has 2 aromatic carbocycles. The molecular weight excluding hydrogens is 386 g/mol. The van der Waals surface area contributed by atoms with E-state index in [1.165, 1.54) is 0 Å². The lowest BCUT2D eigenvalue weighted by molar-refractivity contribution is -0.121. The van der Waals surface area contributed by atoms with E-state index in [1.807, 2.05) is 0 Å². The number of ether oxygens (including phenoxy) is 2. The lowest BCUT2D eigenvalue weighted by atomic mass is 10.2. The Bertz CT molecular complexity index is 994. The van der Waals surface area contributed by atoms with Gasteiger partial charge >= 0.3 is 0 Å². The molecule has 3 amide bonds. The minimum Gasteiger partial charge on any atom is -0.454 e. The molecule has 2 aliphatic heterocycles. The van der Waals surface area contributed by atoms with Gasteiger partial charge in [0.05, 0.1) is 12.1 Å². The van der Waals surface area contributed by atoms with E-state index in [1.54, 1.807) is 43.3 Å². The zero-order valence-corrected chi connectivity index (χ0v) is 15.6. The number of nitrogens with one attached hydrogen (secondary N) is 2. The SMILES string of the molecule is Cc1c(Cl)cccc1N1C(=O)C[C@H](NNC(=O)c2ccc3c(c2)OCO3)C1=O. The highest BCUT2D eigenvalue weighted by Gasteiger charge is 2.40. The van der Waals surface area contributed by atoms with Crippen molar-refractivity contribution in [1.29, 1.82) is 0 Å². The molecule has 1 saturated heterocycles. The van der Waals surface area contributed by atoms with Crippen LogP contribution in [-0.4, -0.2) is 30.6 Å². The molecule has 4 rings (SSSR count). The highest BCUT2D eigenvalue weighted by molar-refractivity contribution is 6.32. The number of hydrogen-bond donors (Lipinski definition) is 2. The van der Waals surface area contributed by atoms with Crippen LogP contribution in [0.2, 0.25) is 5.02 Å². The van der Waals surface area contributed by atoms with Crippen LogP contribution < -0.4 is 25.2 Å². The Labute approximate surface area is 165 Å². The van der Waals surface area contributed by atoms with Crippen molar-refractivity contribution in [3.63, 3.8) is 0 Å². The van der Waals surface area contributed by atoms with E-state index in [2.05, 4.69) is 10.9 Å². The lowest BCUT2D eigenvalue weighted by Gasteiger charge is -2.18. The number of benzene rings is 2. The smallest absolute Gasteiger partial charge is 0.265 e. The molecule has 2 aliphatic rings. The van der Waals surface area contributed by atoms with E-state index >= 15 is 0 Å². The first kappa shape index (κ1) is 18.3. The largest absolute Gasteiger partial charge is 0.454 e. The average molecular weight is 402 g/mol. The van der Waals surface area contributed by atoms with Gasteiger partial charge in [0.1, 0.15) is 6.04 Å². The molecule has 8 nitrogen and oxygen atoms in total. The molecule has 2 heterocycles. The molecule has 1 fully saturated rings. The maximum absolute atomic E-state index is 12.7. The Morgan fingerprint density at radius 1 is 1.18 bits per heavy atom. The number of amides is 3. The third-order valence-corrected chi connectivity index (χ3v) is 5.03. The highest BCUT2D eigenvalue weighted by Crippen LogP contribution is 2.32. The molecule has 2 aromatic rings. The number of imide groups is 1. The quantitative estimate of drug-likeness (QED) is 0.600. The molecular formula is C19H16ClN3O5. The van der Waals surface area contributed by atoms with Crippen molar-refractivity contribution < 1.29 is 23.9 Å². The summed E-state index contributed by atoms with van der Waals surface area (Å²) in [6, 6.07) is 8.90. The lowest BCUT2D eigenvalue weighted by Crippen LogP contribution is -2.48. The second kappa shape index (κ2) is 7.14. The number of hydrogen-bond acceptors (Lipinski definition) is 6. The van der Waals surface area contributed by atoms with E-state index in [9.17, 15) is 14.4 Å². The van der Waals surface area contributed by atoms with Crippen LogP contribution in [0.25, 0.3) is 0 Å². The van der Waals surface area contributed by atoms with E-state index in [4.69, 9.17) is 21.1 Å². The van der Waals surface area contributed by atoms with E-state index in [0.29, 0.717) is 33.3 Å². The summed E-state index contributed by atoms with van der Waals surface area (Å²) >= 11 is 6.09. The third kappa shape index (κ3) is 3.17. The monoisotopic (exact) mass is 401 g/mol. The molecule has 0 radical (unpaired) electrons. The van der Waals surface area contributed by atoms with Crippen molar-refractivity contribution in [2.75, 3.05) is 11.7 Å². The normalized spacial score (nSPS) is 17.9. The fourth-order valence-corrected chi connectivity index (χ4v) is 3.27. The second-order valence-corrected chi connectivity index (χ2v) is 6.78. The van der Waals surface area contributed by atoms with Gasteiger partial charge in [-0.05, 0) is 42.8 Å². The molecule has 2 N–H and O–H groups in total. The Hall–Kier alpha value is -3.10. The Kier molecular flexibility index (Phi) is 4.66. The van der Waals surface area contributed by atoms with Gasteiger partial charge in [-0.15, -0.1) is 0 Å². The number of halogens is 1. The van der Waals surface area contributed by atoms with Gasteiger partial charge in [-0.25, -0.2) is 10.3 Å². The van der Waals surface area contributed by atoms with Crippen LogP contribution >= 0.6 is 11.6 Å². The van der Waals surface area contributed by atoms with Gasteiger partial charge in [0.15, 0.2) is 11.5 Å². The van der Waals surface area contributed by atoms with Crippen LogP contribution in [-0.2, 0) is 9.59 Å². The molecule has 1 atom stereocenters. The fraction of sp³-hybridized carbons (Fsp3) is 0.211. The molecule has 0 aliphatic carbocycles. The van der Waals surface area contributed by atoms with Crippen LogP contribution in [0, 0.1) is 6.92 Å². The minimum atomic E-state index is -0.871. The van der Waals surface area contributed by atoms with Crippen molar-refractivity contribution in [2.24, 2.45) is 0 Å². The van der Waals surface area contributed by atoms with Gasteiger partial charge in [-0.2, -0.15) is 0 Å². The van der Waals surface area contributed by atoms with Crippen molar-refractivity contribution in [2.45, 2.75) is 19.4 Å². The van der Waals surface area contributed by atoms with Crippen molar-refractivity contribution in [3.05, 3.63) is 52.5 Å². The predicted molar refractivity (Wildman–Crippen MR) is 100 cm³/mol. The molecule has 0 aromatic heterocycles. The molecule has 0 unspecified atom stereocenters. The summed E-state index contributed by atoms with van der Waals surface area (Å²) in [6.07, 6.45) is -0.0772. The molecule has 9 heteroatoms. The van der Waals surface area contributed by atoms with Crippen LogP contribution in [0.15, 0.2) is 36.4 Å². The van der Waals surface area contributed by atoms with E-state index < -0.39 is 17.9 Å². The average Bonchev–Trinajstić information content (AvgIpc) is 3.26. The number of hydrazine groups is 1. The molecule has 144 valence electrons. The number of nitrogens with zero attached hydrogens (tertiary/aromatic N) is 1. The summed E-state index contributed by atoms with van der Waals surface area (Å²) in [7, 11) is 0. The summed E-state index contributed by atoms with van der Waals surface area (Å²) in [5.74, 6) is -0.251. The Morgan fingerprint density at radius 2 is 1.96 bits per heavy atom. The van der Waals surface area contributed by atoms with Gasteiger partial charge in [-0.1, -0.05) is 17.7 Å². The third-order valence-electron chi connectivity index (χ3n) is 4.62. The van der Waals surface area contributed by atoms with Gasteiger partial charge in [0.25, 0.3) is 11.8 Å². The van der Waals surface area contributed by atoms with Crippen LogP contribution in [0.3, 0.4) is 0 Å². The van der Waals surface area contributed by atoms with Crippen LogP contribution in [0.5, 0.6) is 11.5 Å². The number of carbonyl (C=O) groups is 3. The maximum Gasteiger partial charge on any atom is 0.265 e. The topological polar surface area (TPSA) is 97.0 Å². The number of fused-ring (bicyclic) bond motifs is 1.